The Hall–Kier alpha value is -1.63. The predicted molar refractivity (Wildman–Crippen MR) is 82.2 cm³/mol. The minimum Gasteiger partial charge on any atom is -0.207 e. The largest absolute Gasteiger partial charge is 0.207 e. The van der Waals surface area contributed by atoms with E-state index in [1.54, 1.807) is 0 Å². The lowest BCUT2D eigenvalue weighted by Crippen LogP contribution is -2.10. The molecule has 2 aromatic carbocycles. The fraction of sp³-hybridized carbons (Fsp3) is 0.368. The van der Waals surface area contributed by atoms with Gasteiger partial charge in [-0.2, -0.15) is 0 Å². The Morgan fingerprint density at radius 3 is 1.80 bits per heavy atom. The average molecular weight is 268 g/mol. The van der Waals surface area contributed by atoms with Gasteiger partial charge in [0.2, 0.25) is 0 Å². The quantitative estimate of drug-likeness (QED) is 0.647. The summed E-state index contributed by atoms with van der Waals surface area (Å²) in [5, 5.41) is 0. The second-order valence-electron chi connectivity index (χ2n) is 6.09. The maximum atomic E-state index is 12.9. The van der Waals surface area contributed by atoms with Gasteiger partial charge < -0.3 is 0 Å². The van der Waals surface area contributed by atoms with Gasteiger partial charge in [0.25, 0.3) is 0 Å². The van der Waals surface area contributed by atoms with Crippen LogP contribution in [0.15, 0.2) is 48.5 Å². The van der Waals surface area contributed by atoms with Gasteiger partial charge in [0.1, 0.15) is 5.82 Å². The zero-order valence-electron chi connectivity index (χ0n) is 12.0. The summed E-state index contributed by atoms with van der Waals surface area (Å²) in [6, 6.07) is 15.6. The Labute approximate surface area is 120 Å². The van der Waals surface area contributed by atoms with Crippen molar-refractivity contribution in [3.05, 3.63) is 59.9 Å². The lowest BCUT2D eigenvalue weighted by atomic mass is 9.79. The zero-order valence-corrected chi connectivity index (χ0v) is 12.0. The highest BCUT2D eigenvalue weighted by Gasteiger charge is 2.19. The van der Waals surface area contributed by atoms with Crippen molar-refractivity contribution in [2.75, 3.05) is 0 Å². The van der Waals surface area contributed by atoms with E-state index in [1.807, 2.05) is 12.1 Å². The molecule has 0 radical (unpaired) electrons. The van der Waals surface area contributed by atoms with Crippen LogP contribution in [0.3, 0.4) is 0 Å². The second kappa shape index (κ2) is 5.78. The summed E-state index contributed by atoms with van der Waals surface area (Å²) in [5.41, 5.74) is 3.70. The molecule has 1 saturated carbocycles. The van der Waals surface area contributed by atoms with Crippen molar-refractivity contribution in [2.24, 2.45) is 5.92 Å². The van der Waals surface area contributed by atoms with E-state index in [1.165, 1.54) is 43.4 Å². The average Bonchev–Trinajstić information content (AvgIpc) is 2.49. The molecule has 0 spiro atoms. The molecule has 0 unspecified atom stereocenters. The van der Waals surface area contributed by atoms with Crippen LogP contribution >= 0.6 is 0 Å². The molecule has 3 rings (SSSR count). The van der Waals surface area contributed by atoms with Crippen LogP contribution < -0.4 is 0 Å². The third kappa shape index (κ3) is 2.92. The smallest absolute Gasteiger partial charge is 0.123 e. The molecule has 0 amide bonds. The third-order valence-corrected chi connectivity index (χ3v) is 4.58. The SMILES string of the molecule is CC1CCC(c2ccc(-c3ccc(F)cc3)cc2)CC1. The van der Waals surface area contributed by atoms with Crippen LogP contribution in [-0.4, -0.2) is 0 Å². The minimum absolute atomic E-state index is 0.179. The lowest BCUT2D eigenvalue weighted by Gasteiger charge is -2.26. The standard InChI is InChI=1S/C19H21F/c1-14-2-4-15(5-3-14)16-6-8-17(9-7-16)18-10-12-19(20)13-11-18/h6-15H,2-5H2,1H3. The van der Waals surface area contributed by atoms with Gasteiger partial charge in [-0.3, -0.25) is 0 Å². The predicted octanol–water partition coefficient (Wildman–Crippen LogP) is 5.79. The van der Waals surface area contributed by atoms with Crippen molar-refractivity contribution in [3.63, 3.8) is 0 Å². The summed E-state index contributed by atoms with van der Waals surface area (Å²) < 4.78 is 12.9. The molecule has 0 atom stereocenters. The molecule has 0 N–H and O–H groups in total. The van der Waals surface area contributed by atoms with Crippen LogP contribution in [0.1, 0.15) is 44.1 Å². The Morgan fingerprint density at radius 1 is 0.750 bits per heavy atom. The van der Waals surface area contributed by atoms with Gasteiger partial charge in [-0.1, -0.05) is 56.2 Å². The summed E-state index contributed by atoms with van der Waals surface area (Å²) in [7, 11) is 0. The van der Waals surface area contributed by atoms with Crippen LogP contribution in [-0.2, 0) is 0 Å². The van der Waals surface area contributed by atoms with E-state index >= 15 is 0 Å². The van der Waals surface area contributed by atoms with Gasteiger partial charge in [0.15, 0.2) is 0 Å². The molecule has 20 heavy (non-hydrogen) atoms. The number of halogens is 1. The van der Waals surface area contributed by atoms with Gasteiger partial charge in [0.05, 0.1) is 0 Å². The fourth-order valence-electron chi connectivity index (χ4n) is 3.18. The topological polar surface area (TPSA) is 0 Å². The van der Waals surface area contributed by atoms with Crippen molar-refractivity contribution in [3.8, 4) is 11.1 Å². The van der Waals surface area contributed by atoms with E-state index in [4.69, 9.17) is 0 Å². The summed E-state index contributed by atoms with van der Waals surface area (Å²) >= 11 is 0. The van der Waals surface area contributed by atoms with E-state index in [0.29, 0.717) is 0 Å². The molecule has 2 aromatic rings. The Balaban J connectivity index is 1.76. The van der Waals surface area contributed by atoms with Crippen LogP contribution in [0, 0.1) is 11.7 Å². The number of rotatable bonds is 2. The van der Waals surface area contributed by atoms with Crippen molar-refractivity contribution in [1.29, 1.82) is 0 Å². The first kappa shape index (κ1) is 13.4. The van der Waals surface area contributed by atoms with Gasteiger partial charge >= 0.3 is 0 Å². The van der Waals surface area contributed by atoms with Crippen molar-refractivity contribution in [2.45, 2.75) is 38.5 Å². The monoisotopic (exact) mass is 268 g/mol. The molecule has 0 aliphatic heterocycles. The van der Waals surface area contributed by atoms with E-state index in [9.17, 15) is 4.39 Å². The summed E-state index contributed by atoms with van der Waals surface area (Å²) in [6.45, 7) is 2.36. The van der Waals surface area contributed by atoms with Crippen molar-refractivity contribution in [1.82, 2.24) is 0 Å². The molecule has 104 valence electrons. The highest BCUT2D eigenvalue weighted by atomic mass is 19.1. The van der Waals surface area contributed by atoms with Gasteiger partial charge in [-0.25, -0.2) is 4.39 Å². The molecule has 0 heterocycles. The van der Waals surface area contributed by atoms with E-state index < -0.39 is 0 Å². The molecule has 1 fully saturated rings. The number of hydrogen-bond donors (Lipinski definition) is 0. The molecule has 1 aliphatic rings. The van der Waals surface area contributed by atoms with Gasteiger partial charge in [-0.05, 0) is 53.5 Å². The molecule has 1 aliphatic carbocycles. The minimum atomic E-state index is -0.179. The van der Waals surface area contributed by atoms with Crippen LogP contribution in [0.5, 0.6) is 0 Å². The second-order valence-corrected chi connectivity index (χ2v) is 6.09. The summed E-state index contributed by atoms with van der Waals surface area (Å²) in [4.78, 5) is 0. The maximum absolute atomic E-state index is 12.9. The fourth-order valence-corrected chi connectivity index (χ4v) is 3.18. The maximum Gasteiger partial charge on any atom is 0.123 e. The zero-order chi connectivity index (χ0) is 13.9. The van der Waals surface area contributed by atoms with Crippen LogP contribution in [0.25, 0.3) is 11.1 Å². The molecule has 0 bridgehead atoms. The molecule has 0 saturated heterocycles. The molecule has 0 nitrogen and oxygen atoms in total. The van der Waals surface area contributed by atoms with E-state index in [2.05, 4.69) is 31.2 Å². The normalized spacial score (nSPS) is 22.7. The molecular weight excluding hydrogens is 247 g/mol. The number of hydrogen-bond acceptors (Lipinski definition) is 0. The molecular formula is C19H21F. The van der Waals surface area contributed by atoms with Crippen molar-refractivity contribution >= 4 is 0 Å². The summed E-state index contributed by atoms with van der Waals surface area (Å²) in [6.07, 6.45) is 5.34. The number of benzene rings is 2. The Morgan fingerprint density at radius 2 is 1.25 bits per heavy atom. The summed E-state index contributed by atoms with van der Waals surface area (Å²) in [5.74, 6) is 1.44. The Kier molecular flexibility index (Phi) is 3.86. The molecule has 0 aromatic heterocycles. The first-order chi connectivity index (χ1) is 9.72. The first-order valence-corrected chi connectivity index (χ1v) is 7.58. The van der Waals surface area contributed by atoms with Crippen LogP contribution in [0.4, 0.5) is 4.39 Å². The molecule has 1 heteroatoms. The first-order valence-electron chi connectivity index (χ1n) is 7.58. The van der Waals surface area contributed by atoms with Gasteiger partial charge in [0, 0.05) is 0 Å². The highest BCUT2D eigenvalue weighted by molar-refractivity contribution is 5.63. The van der Waals surface area contributed by atoms with E-state index in [-0.39, 0.29) is 5.82 Å². The van der Waals surface area contributed by atoms with Gasteiger partial charge in [-0.15, -0.1) is 0 Å². The van der Waals surface area contributed by atoms with Crippen molar-refractivity contribution < 1.29 is 4.39 Å². The van der Waals surface area contributed by atoms with E-state index in [0.717, 1.165) is 23.0 Å². The lowest BCUT2D eigenvalue weighted by molar-refractivity contribution is 0.348. The third-order valence-electron chi connectivity index (χ3n) is 4.58. The van der Waals surface area contributed by atoms with Crippen LogP contribution in [0.2, 0.25) is 0 Å². The highest BCUT2D eigenvalue weighted by Crippen LogP contribution is 2.36. The Bertz CT molecular complexity index is 545.